The van der Waals surface area contributed by atoms with Gasteiger partial charge in [0.15, 0.2) is 9.84 Å². The number of H-pyrrole nitrogens is 1. The van der Waals surface area contributed by atoms with Gasteiger partial charge < -0.3 is 24.3 Å². The number of anilines is 1. The molecule has 2 aliphatic rings. The van der Waals surface area contributed by atoms with E-state index >= 15 is 0 Å². The maximum absolute atomic E-state index is 13.3. The standard InChI is InChI=1S/C28H39N5O4S/c1-5-22-19-37-14-11-33(22)27-16-20(28(38(4,34)35)9-12-36-13-10-28)15-25(31-27)24-8-7-23-26(30-24)17-21(29-23)18-32(3)6-2/h7-8,15-17,22,29H,5-6,9-14,18-19H2,1-4H3/t22-/m0/s1. The minimum Gasteiger partial charge on any atom is -0.381 e. The lowest BCUT2D eigenvalue weighted by atomic mass is 9.90. The molecule has 206 valence electrons. The Labute approximate surface area is 225 Å². The van der Waals surface area contributed by atoms with Crippen LogP contribution in [0.3, 0.4) is 0 Å². The van der Waals surface area contributed by atoms with E-state index in [-0.39, 0.29) is 6.04 Å². The first kappa shape index (κ1) is 27.1. The molecule has 0 unspecified atom stereocenters. The Kier molecular flexibility index (Phi) is 7.77. The van der Waals surface area contributed by atoms with Gasteiger partial charge in [0, 0.05) is 38.3 Å². The van der Waals surface area contributed by atoms with Gasteiger partial charge in [0.1, 0.15) is 10.6 Å². The summed E-state index contributed by atoms with van der Waals surface area (Å²) < 4.78 is 37.0. The maximum Gasteiger partial charge on any atom is 0.157 e. The third kappa shape index (κ3) is 5.19. The lowest BCUT2D eigenvalue weighted by Crippen LogP contribution is -2.46. The van der Waals surface area contributed by atoms with E-state index < -0.39 is 14.6 Å². The molecule has 5 heterocycles. The molecule has 10 heteroatoms. The van der Waals surface area contributed by atoms with Gasteiger partial charge in [-0.2, -0.15) is 0 Å². The zero-order chi connectivity index (χ0) is 26.9. The summed E-state index contributed by atoms with van der Waals surface area (Å²) in [5.41, 5.74) is 5.13. The van der Waals surface area contributed by atoms with Crippen LogP contribution in [0.2, 0.25) is 0 Å². The van der Waals surface area contributed by atoms with Crippen molar-refractivity contribution in [2.45, 2.75) is 50.4 Å². The second-order valence-electron chi connectivity index (χ2n) is 10.6. The molecule has 0 radical (unpaired) electrons. The van der Waals surface area contributed by atoms with E-state index in [2.05, 4.69) is 41.7 Å². The molecule has 0 saturated carbocycles. The van der Waals surface area contributed by atoms with Gasteiger partial charge in [-0.25, -0.2) is 18.4 Å². The fourth-order valence-electron chi connectivity index (χ4n) is 5.62. The van der Waals surface area contributed by atoms with E-state index in [1.807, 2.05) is 24.3 Å². The molecule has 0 bridgehead atoms. The molecule has 5 rings (SSSR count). The normalized spacial score (nSPS) is 20.3. The summed E-state index contributed by atoms with van der Waals surface area (Å²) in [6.45, 7) is 8.83. The zero-order valence-electron chi connectivity index (χ0n) is 22.9. The van der Waals surface area contributed by atoms with Crippen LogP contribution in [0, 0.1) is 0 Å². The molecular formula is C28H39N5O4S. The van der Waals surface area contributed by atoms with Gasteiger partial charge in [-0.05, 0) is 68.8 Å². The minimum atomic E-state index is -3.43. The van der Waals surface area contributed by atoms with Gasteiger partial charge in [-0.15, -0.1) is 0 Å². The molecule has 38 heavy (non-hydrogen) atoms. The van der Waals surface area contributed by atoms with Crippen LogP contribution in [0.4, 0.5) is 5.82 Å². The van der Waals surface area contributed by atoms with Crippen molar-refractivity contribution >= 4 is 26.7 Å². The molecular weight excluding hydrogens is 502 g/mol. The molecule has 0 aliphatic carbocycles. The summed E-state index contributed by atoms with van der Waals surface area (Å²) in [5.74, 6) is 0.781. The molecule has 0 spiro atoms. The molecule has 3 aromatic heterocycles. The molecule has 0 amide bonds. The summed E-state index contributed by atoms with van der Waals surface area (Å²) in [7, 11) is -1.34. The van der Waals surface area contributed by atoms with E-state index in [1.165, 1.54) is 6.26 Å². The van der Waals surface area contributed by atoms with Crippen molar-refractivity contribution in [1.82, 2.24) is 19.9 Å². The number of nitrogens with zero attached hydrogens (tertiary/aromatic N) is 4. The number of aromatic nitrogens is 3. The highest BCUT2D eigenvalue weighted by atomic mass is 32.2. The molecule has 9 nitrogen and oxygen atoms in total. The Morgan fingerprint density at radius 3 is 2.58 bits per heavy atom. The molecule has 0 aromatic carbocycles. The molecule has 2 fully saturated rings. The molecule has 2 saturated heterocycles. The largest absolute Gasteiger partial charge is 0.381 e. The fraction of sp³-hybridized carbons (Fsp3) is 0.571. The first-order valence-electron chi connectivity index (χ1n) is 13.6. The van der Waals surface area contributed by atoms with Crippen LogP contribution in [0.1, 0.15) is 44.4 Å². The number of hydrogen-bond donors (Lipinski definition) is 1. The van der Waals surface area contributed by atoms with E-state index in [1.54, 1.807) is 0 Å². The first-order chi connectivity index (χ1) is 18.2. The number of morpholine rings is 1. The van der Waals surface area contributed by atoms with Gasteiger partial charge in [0.2, 0.25) is 0 Å². The van der Waals surface area contributed by atoms with Crippen molar-refractivity contribution in [2.24, 2.45) is 0 Å². The van der Waals surface area contributed by atoms with Crippen LogP contribution in [-0.2, 0) is 30.6 Å². The van der Waals surface area contributed by atoms with Crippen molar-refractivity contribution in [3.8, 4) is 11.4 Å². The van der Waals surface area contributed by atoms with Crippen LogP contribution >= 0.6 is 0 Å². The third-order valence-electron chi connectivity index (χ3n) is 8.11. The SMILES string of the molecule is CC[C@H]1COCCN1c1cc(C2(S(C)(=O)=O)CCOCC2)cc(-c2ccc3[nH]c(CN(C)CC)cc3n2)n1. The monoisotopic (exact) mass is 541 g/mol. The maximum atomic E-state index is 13.3. The number of pyridine rings is 2. The Hall–Kier alpha value is -2.53. The number of rotatable bonds is 8. The van der Waals surface area contributed by atoms with Crippen molar-refractivity contribution in [1.29, 1.82) is 0 Å². The Morgan fingerprint density at radius 1 is 1.08 bits per heavy atom. The van der Waals surface area contributed by atoms with Crippen molar-refractivity contribution in [3.63, 3.8) is 0 Å². The van der Waals surface area contributed by atoms with Crippen LogP contribution in [0.5, 0.6) is 0 Å². The summed E-state index contributed by atoms with van der Waals surface area (Å²) in [5, 5.41) is 0. The Morgan fingerprint density at radius 2 is 1.87 bits per heavy atom. The zero-order valence-corrected chi connectivity index (χ0v) is 23.7. The van der Waals surface area contributed by atoms with Crippen molar-refractivity contribution in [2.75, 3.05) is 57.7 Å². The van der Waals surface area contributed by atoms with Crippen LogP contribution in [0.25, 0.3) is 22.4 Å². The predicted octanol–water partition coefficient (Wildman–Crippen LogP) is 3.74. The predicted molar refractivity (Wildman–Crippen MR) is 150 cm³/mol. The van der Waals surface area contributed by atoms with Gasteiger partial charge >= 0.3 is 0 Å². The lowest BCUT2D eigenvalue weighted by molar-refractivity contribution is 0.0741. The van der Waals surface area contributed by atoms with Gasteiger partial charge in [0.05, 0.1) is 41.7 Å². The lowest BCUT2D eigenvalue weighted by Gasteiger charge is -2.39. The van der Waals surface area contributed by atoms with Crippen molar-refractivity contribution in [3.05, 3.63) is 41.6 Å². The van der Waals surface area contributed by atoms with Gasteiger partial charge in [-0.3, -0.25) is 0 Å². The molecule has 1 N–H and O–H groups in total. The highest BCUT2D eigenvalue weighted by Crippen LogP contribution is 2.42. The number of sulfone groups is 1. The van der Waals surface area contributed by atoms with E-state index in [0.717, 1.165) is 53.3 Å². The first-order valence-corrected chi connectivity index (χ1v) is 15.4. The summed E-state index contributed by atoms with van der Waals surface area (Å²) >= 11 is 0. The van der Waals surface area contributed by atoms with Crippen LogP contribution < -0.4 is 4.90 Å². The summed E-state index contributed by atoms with van der Waals surface area (Å²) in [6, 6.07) is 10.2. The molecule has 3 aromatic rings. The third-order valence-corrected chi connectivity index (χ3v) is 10.2. The average molecular weight is 542 g/mol. The smallest absolute Gasteiger partial charge is 0.157 e. The van der Waals surface area contributed by atoms with Crippen LogP contribution in [-0.4, -0.2) is 87.1 Å². The molecule has 2 aliphatic heterocycles. The summed E-state index contributed by atoms with van der Waals surface area (Å²) in [4.78, 5) is 18.0. The van der Waals surface area contributed by atoms with Crippen molar-refractivity contribution < 1.29 is 17.9 Å². The number of ether oxygens (including phenoxy) is 2. The average Bonchev–Trinajstić information content (AvgIpc) is 3.33. The number of nitrogens with one attached hydrogen (secondary N) is 1. The topological polar surface area (TPSA) is 101 Å². The van der Waals surface area contributed by atoms with Crippen LogP contribution in [0.15, 0.2) is 30.3 Å². The van der Waals surface area contributed by atoms with Gasteiger partial charge in [0.25, 0.3) is 0 Å². The fourth-order valence-corrected chi connectivity index (χ4v) is 7.08. The second kappa shape index (κ2) is 10.9. The second-order valence-corrected chi connectivity index (χ2v) is 12.9. The number of fused-ring (bicyclic) bond motifs is 1. The quantitative estimate of drug-likeness (QED) is 0.460. The minimum absolute atomic E-state index is 0.182. The highest BCUT2D eigenvalue weighted by Gasteiger charge is 2.44. The Bertz CT molecular complexity index is 1380. The van der Waals surface area contributed by atoms with Gasteiger partial charge in [-0.1, -0.05) is 13.8 Å². The summed E-state index contributed by atoms with van der Waals surface area (Å²) in [6.07, 6.45) is 3.11. The Balaban J connectivity index is 1.64. The van der Waals surface area contributed by atoms with E-state index in [9.17, 15) is 8.42 Å². The molecule has 1 atom stereocenters. The van der Waals surface area contributed by atoms with E-state index in [0.29, 0.717) is 51.5 Å². The highest BCUT2D eigenvalue weighted by molar-refractivity contribution is 7.91. The van der Waals surface area contributed by atoms with E-state index in [4.69, 9.17) is 19.4 Å². The number of hydrogen-bond acceptors (Lipinski definition) is 8. The number of aromatic amines is 1.